The molecule has 2 heterocycles. The van der Waals surface area contributed by atoms with Crippen LogP contribution in [0.1, 0.15) is 24.6 Å². The molecule has 0 saturated carbocycles. The molecule has 0 amide bonds. The molecule has 1 aromatic heterocycles. The second-order valence-electron chi connectivity index (χ2n) is 6.38. The Hall–Kier alpha value is -2.38. The van der Waals surface area contributed by atoms with Crippen LogP contribution in [0.5, 0.6) is 0 Å². The molecule has 8 heteroatoms. The molecule has 1 atom stereocenters. The maximum atomic E-state index is 12.5. The van der Waals surface area contributed by atoms with Crippen molar-refractivity contribution in [2.24, 2.45) is 12.2 Å². The van der Waals surface area contributed by atoms with E-state index in [4.69, 9.17) is 16.4 Å². The summed E-state index contributed by atoms with van der Waals surface area (Å²) in [6, 6.07) is 6.24. The molecule has 0 fully saturated rings. The largest absolute Gasteiger partial charge is 0.392 e. The highest BCUT2D eigenvalue weighted by Crippen LogP contribution is 2.29. The van der Waals surface area contributed by atoms with Gasteiger partial charge < -0.3 is 14.5 Å². The number of aromatic nitrogens is 2. The smallest absolute Gasteiger partial charge is 0.335 e. The van der Waals surface area contributed by atoms with Gasteiger partial charge in [0.2, 0.25) is 0 Å². The van der Waals surface area contributed by atoms with Gasteiger partial charge in [0.05, 0.1) is 18.0 Å². The molecule has 1 unspecified atom stereocenters. The number of aliphatic hydroxyl groups is 1. The topological polar surface area (TPSA) is 85.8 Å². The van der Waals surface area contributed by atoms with Crippen molar-refractivity contribution in [3.05, 3.63) is 61.4 Å². The lowest BCUT2D eigenvalue weighted by molar-refractivity contribution is -0.0428. The number of oxime groups is 1. The number of halogens is 1. The number of rotatable bonds is 3. The van der Waals surface area contributed by atoms with E-state index in [0.717, 1.165) is 4.57 Å². The van der Waals surface area contributed by atoms with Crippen molar-refractivity contribution in [1.29, 1.82) is 0 Å². The summed E-state index contributed by atoms with van der Waals surface area (Å²) in [6.45, 7) is 3.25. The third-order valence-corrected chi connectivity index (χ3v) is 4.66. The van der Waals surface area contributed by atoms with Gasteiger partial charge in [-0.3, -0.25) is 4.79 Å². The van der Waals surface area contributed by atoms with Crippen molar-refractivity contribution < 1.29 is 9.94 Å². The third kappa shape index (κ3) is 3.01. The summed E-state index contributed by atoms with van der Waals surface area (Å²) in [5.74, 6) is 0. The fraction of sp³-hybridized carbons (Fsp3) is 0.353. The van der Waals surface area contributed by atoms with Crippen molar-refractivity contribution in [3.8, 4) is 5.69 Å². The van der Waals surface area contributed by atoms with Gasteiger partial charge in [-0.25, -0.2) is 9.36 Å². The molecule has 0 saturated heterocycles. The molecular formula is C17H18ClN3O4. The molecule has 0 radical (unpaired) electrons. The van der Waals surface area contributed by atoms with E-state index in [1.165, 1.54) is 10.6 Å². The minimum atomic E-state index is -0.800. The summed E-state index contributed by atoms with van der Waals surface area (Å²) in [5, 5.41) is 13.8. The quantitative estimate of drug-likeness (QED) is 0.892. The summed E-state index contributed by atoms with van der Waals surface area (Å²) in [5.41, 5.74) is 0.428. The normalized spacial score (nSPS) is 19.6. The third-order valence-electron chi connectivity index (χ3n) is 4.33. The predicted molar refractivity (Wildman–Crippen MR) is 94.8 cm³/mol. The predicted octanol–water partition coefficient (Wildman–Crippen LogP) is 1.37. The molecule has 1 aliphatic heterocycles. The molecule has 7 nitrogen and oxygen atoms in total. The van der Waals surface area contributed by atoms with Crippen LogP contribution in [0.15, 0.2) is 39.0 Å². The van der Waals surface area contributed by atoms with Crippen LogP contribution in [-0.2, 0) is 11.9 Å². The first-order valence-electron chi connectivity index (χ1n) is 7.72. The molecule has 1 aromatic carbocycles. The van der Waals surface area contributed by atoms with Crippen molar-refractivity contribution in [2.45, 2.75) is 25.9 Å². The molecule has 132 valence electrons. The van der Waals surface area contributed by atoms with E-state index in [-0.39, 0.29) is 6.61 Å². The lowest BCUT2D eigenvalue weighted by atomic mass is 9.96. The number of hydrogen-bond acceptors (Lipinski definition) is 5. The fourth-order valence-electron chi connectivity index (χ4n) is 2.66. The highest BCUT2D eigenvalue weighted by molar-refractivity contribution is 6.34. The van der Waals surface area contributed by atoms with E-state index in [1.54, 1.807) is 39.1 Å². The average Bonchev–Trinajstić information content (AvgIpc) is 2.97. The summed E-state index contributed by atoms with van der Waals surface area (Å²) in [4.78, 5) is 30.1. The van der Waals surface area contributed by atoms with Crippen LogP contribution in [0.3, 0.4) is 0 Å². The van der Waals surface area contributed by atoms with Crippen molar-refractivity contribution in [1.82, 2.24) is 9.13 Å². The van der Waals surface area contributed by atoms with Crippen LogP contribution in [0.4, 0.5) is 0 Å². The summed E-state index contributed by atoms with van der Waals surface area (Å²) >= 11 is 6.27. The monoisotopic (exact) mass is 363 g/mol. The van der Waals surface area contributed by atoms with Gasteiger partial charge in [-0.2, -0.15) is 0 Å². The number of aliphatic hydroxyl groups excluding tert-OH is 1. The molecule has 1 aliphatic rings. The van der Waals surface area contributed by atoms with E-state index in [2.05, 4.69) is 5.16 Å². The van der Waals surface area contributed by atoms with Crippen LogP contribution in [0.2, 0.25) is 5.02 Å². The second-order valence-corrected chi connectivity index (χ2v) is 6.79. The molecule has 25 heavy (non-hydrogen) atoms. The standard InChI is InChI=1S/C17H18ClN3O4/c1-10-6-15(23)21(16(24)20(10)3)11-4-5-13(18)12(7-11)14-8-17(2,9-22)25-19-14/h4-7,22H,8-9H2,1-3H3. The Bertz CT molecular complexity index is 992. The van der Waals surface area contributed by atoms with Gasteiger partial charge in [0, 0.05) is 35.8 Å². The lowest BCUT2D eigenvalue weighted by Crippen LogP contribution is -2.38. The Kier molecular flexibility index (Phi) is 4.30. The Balaban J connectivity index is 2.13. The van der Waals surface area contributed by atoms with Crippen LogP contribution in [0, 0.1) is 6.92 Å². The second kappa shape index (κ2) is 6.16. The maximum absolute atomic E-state index is 12.5. The van der Waals surface area contributed by atoms with E-state index < -0.39 is 16.9 Å². The first kappa shape index (κ1) is 17.4. The van der Waals surface area contributed by atoms with E-state index in [0.29, 0.717) is 34.1 Å². The average molecular weight is 364 g/mol. The van der Waals surface area contributed by atoms with E-state index >= 15 is 0 Å². The first-order chi connectivity index (χ1) is 11.8. The van der Waals surface area contributed by atoms with Crippen molar-refractivity contribution in [2.75, 3.05) is 6.61 Å². The Morgan fingerprint density at radius 3 is 2.72 bits per heavy atom. The van der Waals surface area contributed by atoms with Gasteiger partial charge in [0.25, 0.3) is 5.56 Å². The maximum Gasteiger partial charge on any atom is 0.335 e. The first-order valence-corrected chi connectivity index (χ1v) is 8.09. The molecule has 2 aromatic rings. The molecule has 0 spiro atoms. The van der Waals surface area contributed by atoms with Crippen molar-refractivity contribution in [3.63, 3.8) is 0 Å². The SMILES string of the molecule is Cc1cc(=O)n(-c2ccc(Cl)c(C3=NOC(C)(CO)C3)c2)c(=O)n1C. The van der Waals surface area contributed by atoms with Crippen molar-refractivity contribution >= 4 is 17.3 Å². The summed E-state index contributed by atoms with van der Waals surface area (Å²) in [7, 11) is 1.60. The zero-order chi connectivity index (χ0) is 18.4. The van der Waals surface area contributed by atoms with Gasteiger partial charge in [-0.1, -0.05) is 16.8 Å². The highest BCUT2D eigenvalue weighted by Gasteiger charge is 2.34. The molecule has 0 bridgehead atoms. The lowest BCUT2D eigenvalue weighted by Gasteiger charge is -2.17. The minimum absolute atomic E-state index is 0.185. The van der Waals surface area contributed by atoms with Crippen LogP contribution in [0.25, 0.3) is 5.69 Å². The number of nitrogens with zero attached hydrogens (tertiary/aromatic N) is 3. The summed E-state index contributed by atoms with van der Waals surface area (Å²) < 4.78 is 2.48. The van der Waals surface area contributed by atoms with E-state index in [1.807, 2.05) is 0 Å². The van der Waals surface area contributed by atoms with Crippen LogP contribution >= 0.6 is 11.6 Å². The Morgan fingerprint density at radius 2 is 2.08 bits per heavy atom. The number of hydrogen-bond donors (Lipinski definition) is 1. The minimum Gasteiger partial charge on any atom is -0.392 e. The van der Waals surface area contributed by atoms with Gasteiger partial charge >= 0.3 is 5.69 Å². The fourth-order valence-corrected chi connectivity index (χ4v) is 2.89. The van der Waals surface area contributed by atoms with Gasteiger partial charge in [-0.05, 0) is 32.0 Å². The van der Waals surface area contributed by atoms with Gasteiger partial charge in [0.1, 0.15) is 0 Å². The zero-order valence-electron chi connectivity index (χ0n) is 14.1. The van der Waals surface area contributed by atoms with E-state index in [9.17, 15) is 14.7 Å². The summed E-state index contributed by atoms with van der Waals surface area (Å²) in [6.07, 6.45) is 0.369. The molecular weight excluding hydrogens is 346 g/mol. The van der Waals surface area contributed by atoms with Gasteiger partial charge in [-0.15, -0.1) is 0 Å². The molecule has 3 rings (SSSR count). The van der Waals surface area contributed by atoms with Crippen LogP contribution in [-0.4, -0.2) is 32.2 Å². The zero-order valence-corrected chi connectivity index (χ0v) is 14.9. The Morgan fingerprint density at radius 1 is 1.36 bits per heavy atom. The molecule has 0 aliphatic carbocycles. The molecule has 1 N–H and O–H groups in total. The highest BCUT2D eigenvalue weighted by atomic mass is 35.5. The van der Waals surface area contributed by atoms with Crippen LogP contribution < -0.4 is 11.2 Å². The Labute approximate surface area is 148 Å². The number of benzene rings is 1. The van der Waals surface area contributed by atoms with Gasteiger partial charge in [0.15, 0.2) is 5.60 Å². The number of aryl methyl sites for hydroxylation is 1.